The first-order valence-corrected chi connectivity index (χ1v) is 7.72. The second kappa shape index (κ2) is 7.19. The first kappa shape index (κ1) is 15.4. The number of carbonyl (C=O) groups excluding carboxylic acids is 1. The molecule has 1 atom stereocenters. The quantitative estimate of drug-likeness (QED) is 0.921. The SMILES string of the molecule is O=C(c1ccccc1)N1CCO[C@H](CCc2cc(=O)[nH]cn2)C1. The molecular weight excluding hydrogens is 294 g/mol. The van der Waals surface area contributed by atoms with Gasteiger partial charge >= 0.3 is 0 Å². The van der Waals surface area contributed by atoms with E-state index < -0.39 is 0 Å². The van der Waals surface area contributed by atoms with Crippen molar-refractivity contribution < 1.29 is 9.53 Å². The number of rotatable bonds is 4. The van der Waals surface area contributed by atoms with Crippen molar-refractivity contribution in [3.8, 4) is 0 Å². The lowest BCUT2D eigenvalue weighted by molar-refractivity contribution is -0.0247. The van der Waals surface area contributed by atoms with Crippen molar-refractivity contribution in [3.05, 3.63) is 64.3 Å². The Morgan fingerprint density at radius 3 is 2.96 bits per heavy atom. The summed E-state index contributed by atoms with van der Waals surface area (Å²) in [5.41, 5.74) is 1.29. The average Bonchev–Trinajstić information content (AvgIpc) is 2.60. The van der Waals surface area contributed by atoms with Crippen LogP contribution in [0.4, 0.5) is 0 Å². The molecular formula is C17H19N3O3. The molecule has 0 saturated carbocycles. The number of aromatic nitrogens is 2. The fraction of sp³-hybridized carbons (Fsp3) is 0.353. The Kier molecular flexibility index (Phi) is 4.83. The van der Waals surface area contributed by atoms with Gasteiger partial charge in [0.05, 0.1) is 19.0 Å². The van der Waals surface area contributed by atoms with Crippen LogP contribution in [0.2, 0.25) is 0 Å². The third kappa shape index (κ3) is 4.04. The van der Waals surface area contributed by atoms with Crippen LogP contribution in [0, 0.1) is 0 Å². The van der Waals surface area contributed by atoms with Gasteiger partial charge in [-0.05, 0) is 25.0 Å². The van der Waals surface area contributed by atoms with Gasteiger partial charge in [-0.2, -0.15) is 0 Å². The Labute approximate surface area is 134 Å². The summed E-state index contributed by atoms with van der Waals surface area (Å²) in [6.45, 7) is 1.70. The zero-order chi connectivity index (χ0) is 16.1. The summed E-state index contributed by atoms with van der Waals surface area (Å²) in [5.74, 6) is 0.0354. The maximum Gasteiger partial charge on any atom is 0.254 e. The van der Waals surface area contributed by atoms with Crippen molar-refractivity contribution in [2.75, 3.05) is 19.7 Å². The summed E-state index contributed by atoms with van der Waals surface area (Å²) in [7, 11) is 0. The molecule has 1 amide bonds. The van der Waals surface area contributed by atoms with Crippen LogP contribution >= 0.6 is 0 Å². The molecule has 0 aliphatic carbocycles. The Balaban J connectivity index is 1.58. The molecule has 0 spiro atoms. The molecule has 1 aromatic carbocycles. The topological polar surface area (TPSA) is 75.3 Å². The van der Waals surface area contributed by atoms with Crippen LogP contribution in [-0.2, 0) is 11.2 Å². The first-order chi connectivity index (χ1) is 11.2. The number of H-pyrrole nitrogens is 1. The van der Waals surface area contributed by atoms with E-state index in [9.17, 15) is 9.59 Å². The molecule has 0 bridgehead atoms. The van der Waals surface area contributed by atoms with Gasteiger partial charge in [0.1, 0.15) is 0 Å². The van der Waals surface area contributed by atoms with E-state index in [4.69, 9.17) is 4.74 Å². The molecule has 1 aromatic heterocycles. The second-order valence-electron chi connectivity index (χ2n) is 5.55. The normalized spacial score (nSPS) is 17.9. The van der Waals surface area contributed by atoms with Crippen LogP contribution in [0.3, 0.4) is 0 Å². The van der Waals surface area contributed by atoms with Crippen LogP contribution < -0.4 is 5.56 Å². The Morgan fingerprint density at radius 1 is 1.35 bits per heavy atom. The van der Waals surface area contributed by atoms with E-state index >= 15 is 0 Å². The number of nitrogens with one attached hydrogen (secondary N) is 1. The van der Waals surface area contributed by atoms with Crippen molar-refractivity contribution in [3.63, 3.8) is 0 Å². The maximum absolute atomic E-state index is 12.5. The van der Waals surface area contributed by atoms with E-state index in [0.29, 0.717) is 31.7 Å². The molecule has 1 saturated heterocycles. The number of amides is 1. The fourth-order valence-electron chi connectivity index (χ4n) is 2.70. The van der Waals surface area contributed by atoms with E-state index in [0.717, 1.165) is 12.1 Å². The van der Waals surface area contributed by atoms with E-state index in [2.05, 4.69) is 9.97 Å². The fourth-order valence-corrected chi connectivity index (χ4v) is 2.70. The number of ether oxygens (including phenoxy) is 1. The van der Waals surface area contributed by atoms with Crippen molar-refractivity contribution in [2.45, 2.75) is 18.9 Å². The number of carbonyl (C=O) groups is 1. The van der Waals surface area contributed by atoms with Crippen molar-refractivity contribution in [1.82, 2.24) is 14.9 Å². The molecule has 2 heterocycles. The van der Waals surface area contributed by atoms with Crippen LogP contribution in [0.25, 0.3) is 0 Å². The molecule has 3 rings (SSSR count). The second-order valence-corrected chi connectivity index (χ2v) is 5.55. The lowest BCUT2D eigenvalue weighted by atomic mass is 10.1. The minimum absolute atomic E-state index is 0.0301. The zero-order valence-corrected chi connectivity index (χ0v) is 12.8. The summed E-state index contributed by atoms with van der Waals surface area (Å²) in [4.78, 5) is 32.2. The van der Waals surface area contributed by atoms with Crippen LogP contribution in [0.1, 0.15) is 22.5 Å². The van der Waals surface area contributed by atoms with Gasteiger partial charge in [0.25, 0.3) is 11.5 Å². The smallest absolute Gasteiger partial charge is 0.254 e. The first-order valence-electron chi connectivity index (χ1n) is 7.72. The molecule has 1 aliphatic heterocycles. The Hall–Kier alpha value is -2.47. The number of aromatic amines is 1. The number of morpholine rings is 1. The van der Waals surface area contributed by atoms with Crippen molar-refractivity contribution in [1.29, 1.82) is 0 Å². The summed E-state index contributed by atoms with van der Waals surface area (Å²) in [6.07, 6.45) is 2.76. The standard InChI is InChI=1S/C17H19N3O3/c21-16-10-14(18-12-19-16)6-7-15-11-20(8-9-23-15)17(22)13-4-2-1-3-5-13/h1-5,10,12,15H,6-9,11H2,(H,18,19,21)/t15-/m1/s1. The highest BCUT2D eigenvalue weighted by atomic mass is 16.5. The van der Waals surface area contributed by atoms with Gasteiger partial charge < -0.3 is 14.6 Å². The zero-order valence-electron chi connectivity index (χ0n) is 12.8. The molecule has 23 heavy (non-hydrogen) atoms. The van der Waals surface area contributed by atoms with E-state index in [1.165, 1.54) is 12.4 Å². The van der Waals surface area contributed by atoms with Gasteiger partial charge in [-0.15, -0.1) is 0 Å². The highest BCUT2D eigenvalue weighted by Gasteiger charge is 2.24. The summed E-state index contributed by atoms with van der Waals surface area (Å²) >= 11 is 0. The monoisotopic (exact) mass is 313 g/mol. The lowest BCUT2D eigenvalue weighted by Crippen LogP contribution is -2.45. The van der Waals surface area contributed by atoms with Crippen molar-refractivity contribution in [2.24, 2.45) is 0 Å². The molecule has 120 valence electrons. The lowest BCUT2D eigenvalue weighted by Gasteiger charge is -2.33. The molecule has 1 N–H and O–H groups in total. The highest BCUT2D eigenvalue weighted by molar-refractivity contribution is 5.94. The van der Waals surface area contributed by atoms with E-state index in [1.54, 1.807) is 0 Å². The molecule has 1 aliphatic rings. The minimum Gasteiger partial charge on any atom is -0.375 e. The van der Waals surface area contributed by atoms with Crippen LogP contribution in [0.5, 0.6) is 0 Å². The predicted octanol–water partition coefficient (Wildman–Crippen LogP) is 1.24. The molecule has 1 fully saturated rings. The van der Waals surface area contributed by atoms with Gasteiger partial charge in [0.15, 0.2) is 0 Å². The van der Waals surface area contributed by atoms with Gasteiger partial charge in [0.2, 0.25) is 0 Å². The van der Waals surface area contributed by atoms with Gasteiger partial charge in [-0.25, -0.2) is 4.98 Å². The number of hydrogen-bond acceptors (Lipinski definition) is 4. The third-order valence-electron chi connectivity index (χ3n) is 3.90. The largest absolute Gasteiger partial charge is 0.375 e. The Morgan fingerprint density at radius 2 is 2.17 bits per heavy atom. The predicted molar refractivity (Wildman–Crippen MR) is 85.3 cm³/mol. The van der Waals surface area contributed by atoms with Gasteiger partial charge in [-0.3, -0.25) is 9.59 Å². The van der Waals surface area contributed by atoms with Crippen molar-refractivity contribution >= 4 is 5.91 Å². The molecule has 6 heteroatoms. The minimum atomic E-state index is -0.152. The number of hydrogen-bond donors (Lipinski definition) is 1. The number of benzene rings is 1. The maximum atomic E-state index is 12.5. The number of nitrogens with zero attached hydrogens (tertiary/aromatic N) is 2. The van der Waals surface area contributed by atoms with Crippen LogP contribution in [0.15, 0.2) is 47.5 Å². The average molecular weight is 313 g/mol. The van der Waals surface area contributed by atoms with Crippen LogP contribution in [-0.4, -0.2) is 46.6 Å². The molecule has 0 radical (unpaired) electrons. The molecule has 6 nitrogen and oxygen atoms in total. The third-order valence-corrected chi connectivity index (χ3v) is 3.90. The number of aryl methyl sites for hydroxylation is 1. The Bertz CT molecular complexity index is 714. The molecule has 2 aromatic rings. The summed E-state index contributed by atoms with van der Waals surface area (Å²) < 4.78 is 5.74. The summed E-state index contributed by atoms with van der Waals surface area (Å²) in [5, 5.41) is 0. The molecule has 0 unspecified atom stereocenters. The van der Waals surface area contributed by atoms with E-state index in [-0.39, 0.29) is 17.6 Å². The van der Waals surface area contributed by atoms with Gasteiger partial charge in [-0.1, -0.05) is 18.2 Å². The van der Waals surface area contributed by atoms with Gasteiger partial charge in [0, 0.05) is 30.4 Å². The van der Waals surface area contributed by atoms with E-state index in [1.807, 2.05) is 35.2 Å². The summed E-state index contributed by atoms with van der Waals surface area (Å²) in [6, 6.07) is 10.8. The highest BCUT2D eigenvalue weighted by Crippen LogP contribution is 2.14.